The molecule has 1 aliphatic rings. The van der Waals surface area contributed by atoms with Gasteiger partial charge in [0.1, 0.15) is 0 Å². The van der Waals surface area contributed by atoms with Crippen LogP contribution < -0.4 is 5.32 Å². The van der Waals surface area contributed by atoms with Gasteiger partial charge in [-0.3, -0.25) is 0 Å². The van der Waals surface area contributed by atoms with Crippen molar-refractivity contribution in [2.45, 2.75) is 31.9 Å². The van der Waals surface area contributed by atoms with Crippen LogP contribution in [0.5, 0.6) is 0 Å². The minimum absolute atomic E-state index is 0.401. The summed E-state index contributed by atoms with van der Waals surface area (Å²) in [4.78, 5) is 0. The van der Waals surface area contributed by atoms with Crippen molar-refractivity contribution < 1.29 is 13.2 Å². The Bertz CT molecular complexity index is 392. The molecule has 1 aromatic rings. The zero-order chi connectivity index (χ0) is 12.5. The molecule has 1 fully saturated rings. The summed E-state index contributed by atoms with van der Waals surface area (Å²) in [7, 11) is 0. The monoisotopic (exact) mass is 243 g/mol. The van der Waals surface area contributed by atoms with Crippen LogP contribution in [0, 0.1) is 6.92 Å². The summed E-state index contributed by atoms with van der Waals surface area (Å²) in [5.74, 6) is 0.401. The summed E-state index contributed by atoms with van der Waals surface area (Å²) >= 11 is 0. The van der Waals surface area contributed by atoms with Crippen LogP contribution in [0.3, 0.4) is 0 Å². The van der Waals surface area contributed by atoms with E-state index in [-0.39, 0.29) is 0 Å². The first kappa shape index (κ1) is 12.4. The lowest BCUT2D eigenvalue weighted by atomic mass is 9.87. The molecule has 0 bridgehead atoms. The van der Waals surface area contributed by atoms with Crippen molar-refractivity contribution in [3.05, 3.63) is 34.9 Å². The number of aryl methyl sites for hydroxylation is 1. The van der Waals surface area contributed by atoms with Crippen molar-refractivity contribution in [1.29, 1.82) is 0 Å². The van der Waals surface area contributed by atoms with Gasteiger partial charge in [0.25, 0.3) is 0 Å². The van der Waals surface area contributed by atoms with E-state index in [1.807, 2.05) is 0 Å². The number of nitrogens with one attached hydrogen (secondary N) is 1. The maximum atomic E-state index is 12.5. The Labute approximate surface area is 99.0 Å². The number of hydrogen-bond acceptors (Lipinski definition) is 1. The van der Waals surface area contributed by atoms with Crippen molar-refractivity contribution in [3.63, 3.8) is 0 Å². The molecule has 94 valence electrons. The van der Waals surface area contributed by atoms with Gasteiger partial charge >= 0.3 is 6.18 Å². The lowest BCUT2D eigenvalue weighted by Crippen LogP contribution is -2.27. The van der Waals surface area contributed by atoms with E-state index in [1.54, 1.807) is 13.0 Å². The smallest absolute Gasteiger partial charge is 0.317 e. The molecule has 1 saturated heterocycles. The Morgan fingerprint density at radius 2 is 1.82 bits per heavy atom. The van der Waals surface area contributed by atoms with Gasteiger partial charge in [0.05, 0.1) is 5.56 Å². The number of hydrogen-bond donors (Lipinski definition) is 1. The third-order valence-electron chi connectivity index (χ3n) is 3.38. The summed E-state index contributed by atoms with van der Waals surface area (Å²) in [5, 5.41) is 3.26. The Kier molecular flexibility index (Phi) is 3.43. The SMILES string of the molecule is Cc1cc(C(F)(F)F)ccc1C1CCNCC1. The molecule has 0 atom stereocenters. The molecule has 0 amide bonds. The number of alkyl halides is 3. The molecule has 1 heterocycles. The van der Waals surface area contributed by atoms with Crippen molar-refractivity contribution in [3.8, 4) is 0 Å². The average Bonchev–Trinajstić information content (AvgIpc) is 2.29. The Balaban J connectivity index is 2.25. The third-order valence-corrected chi connectivity index (χ3v) is 3.38. The fourth-order valence-corrected chi connectivity index (χ4v) is 2.44. The Morgan fingerprint density at radius 1 is 1.18 bits per heavy atom. The molecule has 4 heteroatoms. The van der Waals surface area contributed by atoms with E-state index in [2.05, 4.69) is 5.32 Å². The van der Waals surface area contributed by atoms with E-state index >= 15 is 0 Å². The summed E-state index contributed by atoms with van der Waals surface area (Å²) in [6, 6.07) is 4.11. The van der Waals surface area contributed by atoms with Crippen LogP contribution in [0.15, 0.2) is 18.2 Å². The molecule has 1 nitrogen and oxygen atoms in total. The fraction of sp³-hybridized carbons (Fsp3) is 0.538. The van der Waals surface area contributed by atoms with Crippen LogP contribution in [0.4, 0.5) is 13.2 Å². The minimum atomic E-state index is -4.24. The van der Waals surface area contributed by atoms with Gasteiger partial charge in [0.2, 0.25) is 0 Å². The topological polar surface area (TPSA) is 12.0 Å². The highest BCUT2D eigenvalue weighted by molar-refractivity contribution is 5.35. The normalized spacial score (nSPS) is 18.4. The standard InChI is InChI=1S/C13H16F3N/c1-9-8-11(13(14,15)16)2-3-12(9)10-4-6-17-7-5-10/h2-3,8,10,17H,4-7H2,1H3. The Morgan fingerprint density at radius 3 is 2.35 bits per heavy atom. The first-order valence-electron chi connectivity index (χ1n) is 5.87. The van der Waals surface area contributed by atoms with E-state index in [9.17, 15) is 13.2 Å². The van der Waals surface area contributed by atoms with Gasteiger partial charge in [-0.25, -0.2) is 0 Å². The zero-order valence-electron chi connectivity index (χ0n) is 9.77. The molecular weight excluding hydrogens is 227 g/mol. The maximum Gasteiger partial charge on any atom is 0.416 e. The summed E-state index contributed by atoms with van der Waals surface area (Å²) in [6.45, 7) is 3.67. The first-order chi connectivity index (χ1) is 7.98. The van der Waals surface area contributed by atoms with Crippen molar-refractivity contribution >= 4 is 0 Å². The average molecular weight is 243 g/mol. The lowest BCUT2D eigenvalue weighted by Gasteiger charge is -2.25. The highest BCUT2D eigenvalue weighted by Crippen LogP contribution is 2.34. The molecule has 2 rings (SSSR count). The Hall–Kier alpha value is -1.03. The molecule has 17 heavy (non-hydrogen) atoms. The van der Waals surface area contributed by atoms with Gasteiger partial charge in [0.15, 0.2) is 0 Å². The van der Waals surface area contributed by atoms with Crippen LogP contribution in [-0.4, -0.2) is 13.1 Å². The fourth-order valence-electron chi connectivity index (χ4n) is 2.44. The molecule has 1 aliphatic heterocycles. The van der Waals surface area contributed by atoms with Crippen LogP contribution in [-0.2, 0) is 6.18 Å². The molecular formula is C13H16F3N. The first-order valence-corrected chi connectivity index (χ1v) is 5.87. The molecule has 1 N–H and O–H groups in total. The number of rotatable bonds is 1. The van der Waals surface area contributed by atoms with Crippen LogP contribution in [0.25, 0.3) is 0 Å². The maximum absolute atomic E-state index is 12.5. The third kappa shape index (κ3) is 2.80. The molecule has 0 spiro atoms. The van der Waals surface area contributed by atoms with E-state index in [0.717, 1.165) is 37.1 Å². The van der Waals surface area contributed by atoms with E-state index < -0.39 is 11.7 Å². The highest BCUT2D eigenvalue weighted by Gasteiger charge is 2.31. The van der Waals surface area contributed by atoms with Gasteiger partial charge in [-0.1, -0.05) is 6.07 Å². The molecule has 0 saturated carbocycles. The van der Waals surface area contributed by atoms with Gasteiger partial charge in [-0.2, -0.15) is 13.2 Å². The second-order valence-corrected chi connectivity index (χ2v) is 4.59. The van der Waals surface area contributed by atoms with Gasteiger partial charge in [0, 0.05) is 0 Å². The molecule has 1 aromatic carbocycles. The lowest BCUT2D eigenvalue weighted by molar-refractivity contribution is -0.137. The molecule has 0 radical (unpaired) electrons. The quantitative estimate of drug-likeness (QED) is 0.796. The number of benzene rings is 1. The van der Waals surface area contributed by atoms with Crippen molar-refractivity contribution in [2.75, 3.05) is 13.1 Å². The van der Waals surface area contributed by atoms with Crippen molar-refractivity contribution in [2.24, 2.45) is 0 Å². The predicted molar refractivity (Wildman–Crippen MR) is 61.0 cm³/mol. The largest absolute Gasteiger partial charge is 0.416 e. The molecule has 0 aromatic heterocycles. The number of halogens is 3. The van der Waals surface area contributed by atoms with E-state index in [1.165, 1.54) is 12.1 Å². The van der Waals surface area contributed by atoms with Gasteiger partial charge in [-0.15, -0.1) is 0 Å². The highest BCUT2D eigenvalue weighted by atomic mass is 19.4. The predicted octanol–water partition coefficient (Wildman–Crippen LogP) is 3.48. The van der Waals surface area contributed by atoms with Crippen molar-refractivity contribution in [1.82, 2.24) is 5.32 Å². The van der Waals surface area contributed by atoms with E-state index in [0.29, 0.717) is 5.92 Å². The molecule has 0 unspecified atom stereocenters. The van der Waals surface area contributed by atoms with Gasteiger partial charge in [-0.05, 0) is 62.0 Å². The van der Waals surface area contributed by atoms with Crippen LogP contribution in [0.2, 0.25) is 0 Å². The molecule has 0 aliphatic carbocycles. The summed E-state index contributed by atoms with van der Waals surface area (Å²) in [6.07, 6.45) is -2.23. The number of piperidine rings is 1. The van der Waals surface area contributed by atoms with Crippen LogP contribution >= 0.6 is 0 Å². The second kappa shape index (κ2) is 4.69. The van der Waals surface area contributed by atoms with Gasteiger partial charge < -0.3 is 5.32 Å². The van der Waals surface area contributed by atoms with Crippen LogP contribution in [0.1, 0.15) is 35.4 Å². The zero-order valence-corrected chi connectivity index (χ0v) is 9.77. The summed E-state index contributed by atoms with van der Waals surface area (Å²) < 4.78 is 37.6. The second-order valence-electron chi connectivity index (χ2n) is 4.59. The summed E-state index contributed by atoms with van der Waals surface area (Å²) in [5.41, 5.74) is 1.28. The van der Waals surface area contributed by atoms with E-state index in [4.69, 9.17) is 0 Å². The minimum Gasteiger partial charge on any atom is -0.317 e.